The molecule has 1 aliphatic carbocycles. The average Bonchev–Trinajstić information content (AvgIpc) is 3.44. The fourth-order valence-electron chi connectivity index (χ4n) is 4.62. The van der Waals surface area contributed by atoms with Gasteiger partial charge in [-0.1, -0.05) is 11.6 Å². The smallest absolute Gasteiger partial charge is 0.415 e. The lowest BCUT2D eigenvalue weighted by Gasteiger charge is -2.25. The van der Waals surface area contributed by atoms with Crippen molar-refractivity contribution < 1.29 is 23.8 Å². The molecule has 0 spiro atoms. The number of nitrogens with two attached hydrogens (primary N) is 1. The molecule has 192 valence electrons. The maximum Gasteiger partial charge on any atom is 0.415 e. The van der Waals surface area contributed by atoms with Gasteiger partial charge in [-0.2, -0.15) is 0 Å². The van der Waals surface area contributed by atoms with Crippen LogP contribution in [0.1, 0.15) is 24.5 Å². The molecule has 5 rings (SSSR count). The molecule has 36 heavy (non-hydrogen) atoms. The Labute approximate surface area is 213 Å². The van der Waals surface area contributed by atoms with E-state index in [9.17, 15) is 9.59 Å². The van der Waals surface area contributed by atoms with E-state index in [1.807, 2.05) is 13.0 Å². The van der Waals surface area contributed by atoms with Crippen LogP contribution in [0, 0.1) is 0 Å². The quantitative estimate of drug-likeness (QED) is 0.505. The van der Waals surface area contributed by atoms with E-state index in [0.29, 0.717) is 48.0 Å². The van der Waals surface area contributed by atoms with E-state index < -0.39 is 6.09 Å². The van der Waals surface area contributed by atoms with Crippen molar-refractivity contribution in [1.82, 2.24) is 14.9 Å². The predicted molar refractivity (Wildman–Crippen MR) is 133 cm³/mol. The lowest BCUT2D eigenvalue weighted by atomic mass is 10.1. The second-order valence-corrected chi connectivity index (χ2v) is 9.84. The minimum Gasteiger partial charge on any atom is -0.480 e. The van der Waals surface area contributed by atoms with E-state index in [1.165, 1.54) is 4.90 Å². The monoisotopic (exact) mass is 516 g/mol. The van der Waals surface area contributed by atoms with E-state index in [2.05, 4.69) is 27.2 Å². The predicted octanol–water partition coefficient (Wildman–Crippen LogP) is 2.00. The summed E-state index contributed by atoms with van der Waals surface area (Å²) in [5.74, 6) is 1.41. The number of amides is 2. The highest BCUT2D eigenvalue weighted by Gasteiger charge is 2.35. The van der Waals surface area contributed by atoms with Gasteiger partial charge in [-0.3, -0.25) is 9.69 Å². The van der Waals surface area contributed by atoms with Gasteiger partial charge in [0, 0.05) is 24.7 Å². The van der Waals surface area contributed by atoms with Gasteiger partial charge in [0.05, 0.1) is 6.54 Å². The van der Waals surface area contributed by atoms with Crippen molar-refractivity contribution in [3.8, 4) is 11.6 Å². The summed E-state index contributed by atoms with van der Waals surface area (Å²) in [7, 11) is 2.06. The number of halogens is 1. The number of cyclic esters (lactones) is 1. The van der Waals surface area contributed by atoms with Gasteiger partial charge in [0.1, 0.15) is 23.7 Å². The summed E-state index contributed by atoms with van der Waals surface area (Å²) in [4.78, 5) is 36.6. The minimum absolute atomic E-state index is 0.0489. The van der Waals surface area contributed by atoms with Crippen molar-refractivity contribution in [2.45, 2.75) is 44.4 Å². The summed E-state index contributed by atoms with van der Waals surface area (Å²) in [6.07, 6.45) is 1.59. The molecule has 11 nitrogen and oxygen atoms in total. The van der Waals surface area contributed by atoms with E-state index in [-0.39, 0.29) is 30.7 Å². The van der Waals surface area contributed by atoms with E-state index in [4.69, 9.17) is 31.5 Å². The highest BCUT2D eigenvalue weighted by Crippen LogP contribution is 2.33. The van der Waals surface area contributed by atoms with E-state index in [1.54, 1.807) is 12.1 Å². The third-order valence-corrected chi connectivity index (χ3v) is 6.88. The summed E-state index contributed by atoms with van der Waals surface area (Å²) in [6.45, 7) is 3.33. The highest BCUT2D eigenvalue weighted by molar-refractivity contribution is 6.30. The first-order valence-electron chi connectivity index (χ1n) is 12.0. The van der Waals surface area contributed by atoms with Crippen LogP contribution in [0.2, 0.25) is 5.15 Å². The number of nitrogens with one attached hydrogen (secondary N) is 1. The minimum atomic E-state index is -0.455. The number of hydrogen-bond donors (Lipinski definition) is 2. The number of carbonyl (C=O) groups excluding carboxylic acids is 2. The lowest BCUT2D eigenvalue weighted by molar-refractivity contribution is -0.118. The molecule has 0 aromatic carbocycles. The molecule has 2 aromatic heterocycles. The van der Waals surface area contributed by atoms with Crippen molar-refractivity contribution >= 4 is 35.2 Å². The van der Waals surface area contributed by atoms with E-state index >= 15 is 0 Å². The van der Waals surface area contributed by atoms with Gasteiger partial charge in [-0.15, -0.1) is 0 Å². The molecule has 3 aliphatic rings. The number of anilines is 2. The van der Waals surface area contributed by atoms with Crippen LogP contribution < -0.4 is 25.4 Å². The summed E-state index contributed by atoms with van der Waals surface area (Å²) in [5, 5.41) is 3.13. The molecule has 1 saturated heterocycles. The average molecular weight is 517 g/mol. The van der Waals surface area contributed by atoms with Crippen LogP contribution in [0.3, 0.4) is 0 Å². The van der Waals surface area contributed by atoms with Crippen molar-refractivity contribution in [2.24, 2.45) is 5.73 Å². The Morgan fingerprint density at radius 3 is 2.97 bits per heavy atom. The molecule has 2 amide bonds. The van der Waals surface area contributed by atoms with Crippen molar-refractivity contribution in [3.05, 3.63) is 34.5 Å². The number of carbonyl (C=O) groups is 2. The Hall–Kier alpha value is -3.15. The largest absolute Gasteiger partial charge is 0.480 e. The molecule has 1 fully saturated rings. The molecule has 0 saturated carbocycles. The Morgan fingerprint density at radius 2 is 2.17 bits per heavy atom. The molecule has 12 heteroatoms. The van der Waals surface area contributed by atoms with E-state index in [0.717, 1.165) is 30.5 Å². The molecule has 0 radical (unpaired) electrons. The number of nitrogens with zero attached hydrogens (tertiary/aromatic N) is 4. The first-order valence-corrected chi connectivity index (χ1v) is 12.3. The van der Waals surface area contributed by atoms with Crippen LogP contribution in [-0.4, -0.2) is 78.4 Å². The first kappa shape index (κ1) is 24.5. The Kier molecular flexibility index (Phi) is 6.87. The van der Waals surface area contributed by atoms with Crippen LogP contribution in [0.25, 0.3) is 0 Å². The second kappa shape index (κ2) is 10.1. The zero-order valence-corrected chi connectivity index (χ0v) is 21.0. The molecule has 3 unspecified atom stereocenters. The zero-order chi connectivity index (χ0) is 25.4. The Balaban J connectivity index is 1.16. The Morgan fingerprint density at radius 1 is 1.33 bits per heavy atom. The number of ether oxygens (including phenoxy) is 3. The van der Waals surface area contributed by atoms with Crippen LogP contribution in [0.4, 0.5) is 16.4 Å². The summed E-state index contributed by atoms with van der Waals surface area (Å²) >= 11 is 6.44. The van der Waals surface area contributed by atoms with Gasteiger partial charge in [0.25, 0.3) is 5.91 Å². The first-order chi connectivity index (χ1) is 17.3. The summed E-state index contributed by atoms with van der Waals surface area (Å²) in [6, 6.07) is 5.51. The van der Waals surface area contributed by atoms with Gasteiger partial charge in [-0.05, 0) is 56.5 Å². The van der Waals surface area contributed by atoms with Crippen molar-refractivity contribution in [1.29, 1.82) is 0 Å². The van der Waals surface area contributed by atoms with Crippen LogP contribution in [-0.2, 0) is 22.4 Å². The fourth-order valence-corrected chi connectivity index (χ4v) is 4.90. The van der Waals surface area contributed by atoms with Gasteiger partial charge in [0.2, 0.25) is 5.88 Å². The third-order valence-electron chi connectivity index (χ3n) is 6.57. The molecular weight excluding hydrogens is 488 g/mol. The maximum atomic E-state index is 12.5. The van der Waals surface area contributed by atoms with Crippen molar-refractivity contribution in [3.63, 3.8) is 0 Å². The molecule has 4 heterocycles. The molecule has 2 aromatic rings. The molecule has 3 atom stereocenters. The standard InChI is InChI=1S/C24H29ClN6O5/c1-13(26)11-35-21-8-14-7-15(9-17(14)22(25)29-21)30(2)6-5-16-10-31(24(33)36-16)19-4-3-18-23(27-19)28-20(32)12-34-18/h3-4,8,13,15-16H,5-7,9-12,26H2,1-2H3,(H,27,28,32). The van der Waals surface area contributed by atoms with Crippen LogP contribution in [0.5, 0.6) is 11.6 Å². The highest BCUT2D eigenvalue weighted by atomic mass is 35.5. The number of fused-ring (bicyclic) bond motifs is 2. The summed E-state index contributed by atoms with van der Waals surface area (Å²) in [5.41, 5.74) is 7.96. The van der Waals surface area contributed by atoms with Gasteiger partial charge < -0.3 is 30.2 Å². The van der Waals surface area contributed by atoms with Crippen LogP contribution in [0.15, 0.2) is 18.2 Å². The topological polar surface area (TPSA) is 132 Å². The zero-order valence-electron chi connectivity index (χ0n) is 20.2. The fraction of sp³-hybridized carbons (Fsp3) is 0.500. The van der Waals surface area contributed by atoms with Crippen LogP contribution >= 0.6 is 11.6 Å². The SMILES string of the molecule is CC(N)COc1cc2c(c(Cl)n1)CC(N(C)CCC1CN(c3ccc4c(n3)NC(=O)CO4)C(=O)O1)C2. The number of hydrogen-bond acceptors (Lipinski definition) is 9. The van der Waals surface area contributed by atoms with Gasteiger partial charge in [-0.25, -0.2) is 14.8 Å². The molecule has 3 N–H and O–H groups in total. The summed E-state index contributed by atoms with van der Waals surface area (Å²) < 4.78 is 16.6. The number of likely N-dealkylation sites (N-methyl/N-ethyl adjacent to an activating group) is 1. The Bertz CT molecular complexity index is 1180. The van der Waals surface area contributed by atoms with Gasteiger partial charge in [0.15, 0.2) is 18.2 Å². The lowest BCUT2D eigenvalue weighted by Crippen LogP contribution is -2.35. The van der Waals surface area contributed by atoms with Crippen molar-refractivity contribution in [2.75, 3.05) is 43.6 Å². The number of pyridine rings is 2. The molecule has 2 aliphatic heterocycles. The third kappa shape index (κ3) is 5.18. The normalized spacial score (nSPS) is 21.5. The van der Waals surface area contributed by atoms with Gasteiger partial charge >= 0.3 is 6.09 Å². The number of rotatable bonds is 8. The number of aromatic nitrogens is 2. The second-order valence-electron chi connectivity index (χ2n) is 9.48. The molecule has 0 bridgehead atoms. The maximum absolute atomic E-state index is 12.5. The molecular formula is C24H29ClN6O5.